The van der Waals surface area contributed by atoms with Crippen molar-refractivity contribution in [3.63, 3.8) is 0 Å². The Labute approximate surface area is 114 Å². The lowest BCUT2D eigenvalue weighted by molar-refractivity contribution is 0.485. The van der Waals surface area contributed by atoms with E-state index in [4.69, 9.17) is 11.6 Å². The first kappa shape index (κ1) is 15.0. The third-order valence-electron chi connectivity index (χ3n) is 2.80. The summed E-state index contributed by atoms with van der Waals surface area (Å²) in [6, 6.07) is 5.03. The molecule has 98 valence electrons. The summed E-state index contributed by atoms with van der Waals surface area (Å²) in [6.07, 6.45) is 2.32. The number of halogens is 2. The number of hydrogen-bond acceptors (Lipinski definition) is 1. The van der Waals surface area contributed by atoms with Gasteiger partial charge < -0.3 is 5.32 Å². The average molecular weight is 268 g/mol. The van der Waals surface area contributed by atoms with Gasteiger partial charge in [0.1, 0.15) is 5.82 Å². The van der Waals surface area contributed by atoms with Crippen LogP contribution in [0.5, 0.6) is 0 Å². The van der Waals surface area contributed by atoms with E-state index in [2.05, 4.69) is 17.2 Å². The lowest BCUT2D eigenvalue weighted by Crippen LogP contribution is -2.31. The van der Waals surface area contributed by atoms with E-state index in [1.807, 2.05) is 13.8 Å². The molecule has 0 fully saturated rings. The predicted molar refractivity (Wildman–Crippen MR) is 75.3 cm³/mol. The Kier molecular flexibility index (Phi) is 6.78. The van der Waals surface area contributed by atoms with E-state index in [0.29, 0.717) is 17.0 Å². The molecule has 0 aromatic heterocycles. The molecule has 0 heterocycles. The van der Waals surface area contributed by atoms with Gasteiger partial charge in [-0.15, -0.1) is 11.8 Å². The predicted octanol–water partition coefficient (Wildman–Crippen LogP) is 3.80. The summed E-state index contributed by atoms with van der Waals surface area (Å²) in [4.78, 5) is 0. The van der Waals surface area contributed by atoms with E-state index in [-0.39, 0.29) is 11.9 Å². The molecule has 0 amide bonds. The molecule has 1 N–H and O–H groups in total. The molecular weight excluding hydrogens is 249 g/mol. The molecule has 1 unspecified atom stereocenters. The van der Waals surface area contributed by atoms with Crippen LogP contribution in [0, 0.1) is 17.7 Å². The van der Waals surface area contributed by atoms with Crippen molar-refractivity contribution in [3.8, 4) is 11.8 Å². The maximum absolute atomic E-state index is 13.7. The number of likely N-dealkylation sites (N-methyl/N-ethyl adjacent to an activating group) is 1. The third-order valence-corrected chi connectivity index (χ3v) is 3.15. The van der Waals surface area contributed by atoms with Gasteiger partial charge >= 0.3 is 0 Å². The average Bonchev–Trinajstić information content (AvgIpc) is 2.34. The van der Waals surface area contributed by atoms with Gasteiger partial charge in [-0.25, -0.2) is 4.39 Å². The quantitative estimate of drug-likeness (QED) is 0.773. The van der Waals surface area contributed by atoms with Gasteiger partial charge in [0.2, 0.25) is 0 Å². The van der Waals surface area contributed by atoms with Gasteiger partial charge in [-0.2, -0.15) is 0 Å². The molecule has 0 radical (unpaired) electrons. The van der Waals surface area contributed by atoms with Gasteiger partial charge in [0.25, 0.3) is 0 Å². The van der Waals surface area contributed by atoms with Gasteiger partial charge in [0.15, 0.2) is 0 Å². The van der Waals surface area contributed by atoms with Crippen LogP contribution < -0.4 is 5.32 Å². The second-order valence-electron chi connectivity index (χ2n) is 4.12. The highest BCUT2D eigenvalue weighted by atomic mass is 35.5. The molecular formula is C15H19ClFN. The summed E-state index contributed by atoms with van der Waals surface area (Å²) in [5.41, 5.74) is 0.592. The minimum Gasteiger partial charge on any atom is -0.314 e. The molecule has 0 aliphatic rings. The highest BCUT2D eigenvalue weighted by Crippen LogP contribution is 2.21. The topological polar surface area (TPSA) is 12.0 Å². The highest BCUT2D eigenvalue weighted by Gasteiger charge is 2.13. The Morgan fingerprint density at radius 3 is 2.83 bits per heavy atom. The first-order valence-corrected chi connectivity index (χ1v) is 6.62. The zero-order valence-electron chi connectivity index (χ0n) is 10.9. The first-order chi connectivity index (χ1) is 8.69. The molecule has 0 saturated carbocycles. The smallest absolute Gasteiger partial charge is 0.127 e. The van der Waals surface area contributed by atoms with Crippen molar-refractivity contribution in [2.24, 2.45) is 0 Å². The zero-order chi connectivity index (χ0) is 13.4. The maximum atomic E-state index is 13.7. The lowest BCUT2D eigenvalue weighted by atomic mass is 10.0. The lowest BCUT2D eigenvalue weighted by Gasteiger charge is -2.18. The molecule has 0 spiro atoms. The van der Waals surface area contributed by atoms with Crippen LogP contribution in [0.1, 0.15) is 32.3 Å². The van der Waals surface area contributed by atoms with Crippen LogP contribution in [0.4, 0.5) is 4.39 Å². The Morgan fingerprint density at radius 1 is 1.44 bits per heavy atom. The van der Waals surface area contributed by atoms with Crippen molar-refractivity contribution < 1.29 is 4.39 Å². The Balaban J connectivity index is 2.71. The van der Waals surface area contributed by atoms with E-state index in [1.54, 1.807) is 12.1 Å². The van der Waals surface area contributed by atoms with E-state index >= 15 is 0 Å². The van der Waals surface area contributed by atoms with Crippen LogP contribution in [-0.2, 0) is 6.42 Å². The molecule has 1 nitrogen and oxygen atoms in total. The summed E-state index contributed by atoms with van der Waals surface area (Å²) in [5, 5.41) is 3.85. The van der Waals surface area contributed by atoms with Gasteiger partial charge in [-0.05, 0) is 38.4 Å². The molecule has 1 atom stereocenters. The largest absolute Gasteiger partial charge is 0.314 e. The normalized spacial score (nSPS) is 11.8. The Morgan fingerprint density at radius 2 is 2.22 bits per heavy atom. The summed E-state index contributed by atoms with van der Waals surface area (Å²) in [6.45, 7) is 4.73. The standard InChI is InChI=1S/C15H19ClFN/c1-3-5-6-8-12(18-4-2)11-13-14(16)9-7-10-15(13)17/h7,9-10,12,18H,4,6,8,11H2,1-2H3. The Bertz CT molecular complexity index is 414. The first-order valence-electron chi connectivity index (χ1n) is 6.24. The van der Waals surface area contributed by atoms with Crippen molar-refractivity contribution in [2.45, 2.75) is 39.2 Å². The number of benzene rings is 1. The molecule has 0 aliphatic heterocycles. The maximum Gasteiger partial charge on any atom is 0.127 e. The van der Waals surface area contributed by atoms with Gasteiger partial charge in [-0.3, -0.25) is 0 Å². The van der Waals surface area contributed by atoms with Crippen LogP contribution in [0.25, 0.3) is 0 Å². The molecule has 3 heteroatoms. The van der Waals surface area contributed by atoms with Gasteiger partial charge in [0.05, 0.1) is 0 Å². The van der Waals surface area contributed by atoms with E-state index in [1.165, 1.54) is 6.07 Å². The third kappa shape index (κ3) is 4.68. The van der Waals surface area contributed by atoms with Crippen LogP contribution in [0.2, 0.25) is 5.02 Å². The van der Waals surface area contributed by atoms with Crippen molar-refractivity contribution in [2.75, 3.05) is 6.54 Å². The number of nitrogens with one attached hydrogen (secondary N) is 1. The van der Waals surface area contributed by atoms with Crippen molar-refractivity contribution >= 4 is 11.6 Å². The summed E-state index contributed by atoms with van der Waals surface area (Å²) >= 11 is 6.04. The number of hydrogen-bond donors (Lipinski definition) is 1. The van der Waals surface area contributed by atoms with Crippen LogP contribution >= 0.6 is 11.6 Å². The van der Waals surface area contributed by atoms with E-state index in [0.717, 1.165) is 19.4 Å². The second-order valence-corrected chi connectivity index (χ2v) is 4.53. The fraction of sp³-hybridized carbons (Fsp3) is 0.467. The molecule has 0 bridgehead atoms. The zero-order valence-corrected chi connectivity index (χ0v) is 11.6. The van der Waals surface area contributed by atoms with Crippen LogP contribution in [-0.4, -0.2) is 12.6 Å². The summed E-state index contributed by atoms with van der Waals surface area (Å²) in [7, 11) is 0. The van der Waals surface area contributed by atoms with Gasteiger partial charge in [-0.1, -0.05) is 24.6 Å². The van der Waals surface area contributed by atoms with Crippen molar-refractivity contribution in [1.82, 2.24) is 5.32 Å². The molecule has 18 heavy (non-hydrogen) atoms. The SMILES string of the molecule is CC#CCCC(Cc1c(F)cccc1Cl)NCC. The minimum absolute atomic E-state index is 0.213. The monoisotopic (exact) mass is 267 g/mol. The van der Waals surface area contributed by atoms with Gasteiger partial charge in [0, 0.05) is 23.0 Å². The van der Waals surface area contributed by atoms with Crippen molar-refractivity contribution in [1.29, 1.82) is 0 Å². The van der Waals surface area contributed by atoms with E-state index in [9.17, 15) is 4.39 Å². The van der Waals surface area contributed by atoms with Crippen LogP contribution in [0.15, 0.2) is 18.2 Å². The molecule has 1 aromatic rings. The van der Waals surface area contributed by atoms with E-state index < -0.39 is 0 Å². The minimum atomic E-state index is -0.230. The van der Waals surface area contributed by atoms with Crippen LogP contribution in [0.3, 0.4) is 0 Å². The second kappa shape index (κ2) is 8.13. The summed E-state index contributed by atoms with van der Waals surface area (Å²) < 4.78 is 13.7. The van der Waals surface area contributed by atoms with Crippen molar-refractivity contribution in [3.05, 3.63) is 34.6 Å². The molecule has 0 saturated heterocycles. The summed E-state index contributed by atoms with van der Waals surface area (Å²) in [5.74, 6) is 5.68. The molecule has 0 aliphatic carbocycles. The number of rotatable bonds is 6. The molecule has 1 rings (SSSR count). The Hall–Kier alpha value is -1.04. The fourth-order valence-electron chi connectivity index (χ4n) is 1.91. The highest BCUT2D eigenvalue weighted by molar-refractivity contribution is 6.31. The molecule has 1 aromatic carbocycles. The fourth-order valence-corrected chi connectivity index (χ4v) is 2.15.